The molecule has 1 aromatic heterocycles. The molecule has 0 spiro atoms. The molecule has 156 valence electrons. The van der Waals surface area contributed by atoms with E-state index in [9.17, 15) is 14.7 Å². The number of likely N-dealkylation sites (tertiary alicyclic amines) is 1. The molecule has 2 amide bonds. The van der Waals surface area contributed by atoms with E-state index < -0.39 is 18.1 Å². The van der Waals surface area contributed by atoms with Gasteiger partial charge in [0.05, 0.1) is 11.8 Å². The number of aliphatic hydroxyl groups excluding tert-OH is 1. The molecule has 0 saturated carbocycles. The molecule has 2 N–H and O–H groups in total. The largest absolute Gasteiger partial charge is 0.391 e. The first-order chi connectivity index (χ1) is 13.8. The molecule has 29 heavy (non-hydrogen) atoms. The van der Waals surface area contributed by atoms with Crippen molar-refractivity contribution in [1.82, 2.24) is 15.4 Å². The van der Waals surface area contributed by atoms with E-state index in [1.54, 1.807) is 25.1 Å². The molecule has 1 aromatic carbocycles. The van der Waals surface area contributed by atoms with Crippen molar-refractivity contribution >= 4 is 23.4 Å². The number of nitrogens with zero attached hydrogens (tertiary/aromatic N) is 2. The molecule has 0 bridgehead atoms. The van der Waals surface area contributed by atoms with Crippen LogP contribution >= 0.6 is 11.6 Å². The van der Waals surface area contributed by atoms with Crippen molar-refractivity contribution in [2.75, 3.05) is 6.54 Å². The van der Waals surface area contributed by atoms with Crippen LogP contribution in [0.2, 0.25) is 5.02 Å². The van der Waals surface area contributed by atoms with Crippen LogP contribution in [0.3, 0.4) is 0 Å². The summed E-state index contributed by atoms with van der Waals surface area (Å²) in [7, 11) is 0. The molecular weight excluding hydrogens is 394 g/mol. The molecule has 1 aliphatic heterocycles. The predicted octanol–water partition coefficient (Wildman–Crippen LogP) is 2.65. The van der Waals surface area contributed by atoms with Gasteiger partial charge >= 0.3 is 0 Å². The highest BCUT2D eigenvalue weighted by Crippen LogP contribution is 2.31. The molecule has 1 aliphatic rings. The first-order valence-electron chi connectivity index (χ1n) is 9.70. The van der Waals surface area contributed by atoms with E-state index in [0.717, 1.165) is 5.56 Å². The summed E-state index contributed by atoms with van der Waals surface area (Å²) in [6.45, 7) is 6.07. The molecule has 1 fully saturated rings. The van der Waals surface area contributed by atoms with Crippen LogP contribution in [0.1, 0.15) is 43.2 Å². The third-order valence-corrected chi connectivity index (χ3v) is 5.38. The van der Waals surface area contributed by atoms with Crippen molar-refractivity contribution in [1.29, 1.82) is 0 Å². The lowest BCUT2D eigenvalue weighted by molar-refractivity contribution is -0.141. The van der Waals surface area contributed by atoms with Crippen LogP contribution in [0.15, 0.2) is 34.9 Å². The molecular formula is C21H26ClN3O4. The van der Waals surface area contributed by atoms with Crippen LogP contribution in [-0.2, 0) is 16.1 Å². The minimum Gasteiger partial charge on any atom is -0.391 e. The van der Waals surface area contributed by atoms with E-state index in [0.29, 0.717) is 23.0 Å². The normalized spacial score (nSPS) is 20.1. The molecule has 2 heterocycles. The van der Waals surface area contributed by atoms with E-state index in [1.165, 1.54) is 4.90 Å². The molecule has 0 aliphatic carbocycles. The number of hydrogen-bond donors (Lipinski definition) is 2. The van der Waals surface area contributed by atoms with Gasteiger partial charge in [-0.2, -0.15) is 0 Å². The van der Waals surface area contributed by atoms with Crippen LogP contribution in [0.5, 0.6) is 0 Å². The highest BCUT2D eigenvalue weighted by Gasteiger charge is 2.43. The van der Waals surface area contributed by atoms with Gasteiger partial charge in [0.2, 0.25) is 11.8 Å². The summed E-state index contributed by atoms with van der Waals surface area (Å²) in [6, 6.07) is 8.18. The summed E-state index contributed by atoms with van der Waals surface area (Å²) < 4.78 is 5.33. The van der Waals surface area contributed by atoms with Gasteiger partial charge < -0.3 is 19.8 Å². The van der Waals surface area contributed by atoms with Gasteiger partial charge in [-0.15, -0.1) is 0 Å². The fraction of sp³-hybridized carbons (Fsp3) is 0.476. The Morgan fingerprint density at radius 2 is 2.03 bits per heavy atom. The molecule has 8 heteroatoms. The first-order valence-corrected chi connectivity index (χ1v) is 10.1. The van der Waals surface area contributed by atoms with Crippen LogP contribution in [-0.4, -0.2) is 45.7 Å². The zero-order valence-corrected chi connectivity index (χ0v) is 17.5. The summed E-state index contributed by atoms with van der Waals surface area (Å²) in [5.74, 6) is -0.664. The third kappa shape index (κ3) is 4.97. The average Bonchev–Trinajstić information content (AvgIpc) is 3.26. The minimum absolute atomic E-state index is 0.0506. The zero-order chi connectivity index (χ0) is 21.1. The Bertz CT molecular complexity index is 865. The number of carbonyl (C=O) groups is 2. The Labute approximate surface area is 175 Å². The van der Waals surface area contributed by atoms with Gasteiger partial charge in [-0.25, -0.2) is 0 Å². The fourth-order valence-corrected chi connectivity index (χ4v) is 3.79. The van der Waals surface area contributed by atoms with Crippen LogP contribution in [0, 0.1) is 12.8 Å². The molecule has 3 atom stereocenters. The smallest absolute Gasteiger partial charge is 0.243 e. The maximum Gasteiger partial charge on any atom is 0.243 e. The van der Waals surface area contributed by atoms with Gasteiger partial charge in [0.1, 0.15) is 17.7 Å². The number of aryl methyl sites for hydroxylation is 1. The van der Waals surface area contributed by atoms with Crippen LogP contribution in [0.4, 0.5) is 0 Å². The van der Waals surface area contributed by atoms with Crippen molar-refractivity contribution in [3.05, 3.63) is 52.4 Å². The van der Waals surface area contributed by atoms with Gasteiger partial charge in [0.25, 0.3) is 0 Å². The van der Waals surface area contributed by atoms with Crippen LogP contribution < -0.4 is 5.32 Å². The minimum atomic E-state index is -0.741. The first kappa shape index (κ1) is 21.3. The quantitative estimate of drug-likeness (QED) is 0.750. The summed E-state index contributed by atoms with van der Waals surface area (Å²) >= 11 is 5.88. The molecule has 7 nitrogen and oxygen atoms in total. The highest BCUT2D eigenvalue weighted by molar-refractivity contribution is 6.30. The van der Waals surface area contributed by atoms with E-state index in [-0.39, 0.29) is 30.7 Å². The number of halogens is 1. The number of rotatable bonds is 6. The molecule has 1 saturated heterocycles. The number of benzene rings is 1. The monoisotopic (exact) mass is 419 g/mol. The van der Waals surface area contributed by atoms with Gasteiger partial charge in [-0.3, -0.25) is 9.59 Å². The second-order valence-corrected chi connectivity index (χ2v) is 8.27. The van der Waals surface area contributed by atoms with Gasteiger partial charge in [0.15, 0.2) is 0 Å². The van der Waals surface area contributed by atoms with Crippen LogP contribution in [0.25, 0.3) is 0 Å². The van der Waals surface area contributed by atoms with Crippen molar-refractivity contribution in [2.45, 2.75) is 51.8 Å². The van der Waals surface area contributed by atoms with E-state index in [4.69, 9.17) is 16.1 Å². The fourth-order valence-electron chi connectivity index (χ4n) is 3.66. The van der Waals surface area contributed by atoms with Gasteiger partial charge in [0, 0.05) is 30.6 Å². The lowest BCUT2D eigenvalue weighted by Crippen LogP contribution is -2.48. The number of hydrogen-bond acceptors (Lipinski definition) is 5. The van der Waals surface area contributed by atoms with Crippen molar-refractivity contribution in [3.8, 4) is 0 Å². The Morgan fingerprint density at radius 1 is 1.34 bits per heavy atom. The second-order valence-electron chi connectivity index (χ2n) is 7.83. The third-order valence-electron chi connectivity index (χ3n) is 5.13. The number of aromatic nitrogens is 1. The molecule has 0 radical (unpaired) electrons. The van der Waals surface area contributed by atoms with E-state index in [2.05, 4.69) is 10.5 Å². The Morgan fingerprint density at radius 3 is 2.62 bits per heavy atom. The lowest BCUT2D eigenvalue weighted by atomic mass is 9.91. The molecule has 2 aromatic rings. The summed E-state index contributed by atoms with van der Waals surface area (Å²) in [5, 5.41) is 17.5. The predicted molar refractivity (Wildman–Crippen MR) is 108 cm³/mol. The topological polar surface area (TPSA) is 95.7 Å². The molecule has 3 rings (SSSR count). The van der Waals surface area contributed by atoms with E-state index >= 15 is 0 Å². The number of carbonyl (C=O) groups excluding carboxylic acids is 2. The van der Waals surface area contributed by atoms with Crippen molar-refractivity contribution < 1.29 is 19.2 Å². The number of aliphatic hydroxyl groups is 1. The Kier molecular flexibility index (Phi) is 6.59. The number of amides is 2. The lowest BCUT2D eigenvalue weighted by Gasteiger charge is -2.28. The maximum atomic E-state index is 13.3. The second kappa shape index (κ2) is 8.97. The molecule has 0 unspecified atom stereocenters. The SMILES string of the molecule is Cc1cc([C@H](C(=O)N2C[C@H](O)C[C@H]2C(=O)NCc2ccc(Cl)cc2)C(C)C)on1. The van der Waals surface area contributed by atoms with E-state index in [1.807, 2.05) is 26.0 Å². The maximum absolute atomic E-state index is 13.3. The van der Waals surface area contributed by atoms with Gasteiger partial charge in [-0.1, -0.05) is 42.7 Å². The van der Waals surface area contributed by atoms with Crippen molar-refractivity contribution in [2.24, 2.45) is 5.92 Å². The summed E-state index contributed by atoms with van der Waals surface area (Å²) in [5.41, 5.74) is 1.59. The van der Waals surface area contributed by atoms with Gasteiger partial charge in [-0.05, 0) is 30.5 Å². The standard InChI is InChI=1S/C21H26ClN3O4/c1-12(2)19(18-8-13(3)24-29-18)21(28)25-11-16(26)9-17(25)20(27)23-10-14-4-6-15(22)7-5-14/h4-8,12,16-17,19,26H,9-11H2,1-3H3,(H,23,27)/t16-,17+,19-/m1/s1. The average molecular weight is 420 g/mol. The Balaban J connectivity index is 1.73. The van der Waals surface area contributed by atoms with Crippen molar-refractivity contribution in [3.63, 3.8) is 0 Å². The number of β-amino-alcohol motifs (C(OH)–C–C–N with tert-alkyl or cyclic N) is 1. The zero-order valence-electron chi connectivity index (χ0n) is 16.8. The summed E-state index contributed by atoms with van der Waals surface area (Å²) in [4.78, 5) is 27.6. The summed E-state index contributed by atoms with van der Waals surface area (Å²) in [6.07, 6.45) is -0.534. The highest BCUT2D eigenvalue weighted by atomic mass is 35.5. The number of nitrogens with one attached hydrogen (secondary N) is 1. The Hall–Kier alpha value is -2.38.